The molecule has 0 unspecified atom stereocenters. The van der Waals surface area contributed by atoms with Gasteiger partial charge in [-0.1, -0.05) is 30.3 Å². The molecule has 0 radical (unpaired) electrons. The number of nitrogens with zero attached hydrogens (tertiary/aromatic N) is 1. The summed E-state index contributed by atoms with van der Waals surface area (Å²) in [6.45, 7) is 6.11. The third-order valence-electron chi connectivity index (χ3n) is 4.81. The number of carbonyl (C=O) groups excluding carboxylic acids is 1. The van der Waals surface area contributed by atoms with Crippen molar-refractivity contribution in [3.05, 3.63) is 84.4 Å². The van der Waals surface area contributed by atoms with Gasteiger partial charge in [0.2, 0.25) is 5.91 Å². The summed E-state index contributed by atoms with van der Waals surface area (Å²) < 4.78 is 39.1. The summed E-state index contributed by atoms with van der Waals surface area (Å²) >= 11 is 0. The zero-order valence-corrected chi connectivity index (χ0v) is 20.4. The van der Waals surface area contributed by atoms with Gasteiger partial charge in [0, 0.05) is 6.54 Å². The molecule has 0 aliphatic rings. The molecule has 0 aromatic heterocycles. The first-order chi connectivity index (χ1) is 16.3. The Hall–Kier alpha value is -3.52. The van der Waals surface area contributed by atoms with Crippen LogP contribution < -0.4 is 19.1 Å². The van der Waals surface area contributed by atoms with Crippen molar-refractivity contribution in [2.75, 3.05) is 17.5 Å². The summed E-state index contributed by atoms with van der Waals surface area (Å²) in [6.07, 6.45) is 0.0390. The Morgan fingerprint density at radius 2 is 1.65 bits per heavy atom. The summed E-state index contributed by atoms with van der Waals surface area (Å²) in [5.74, 6) is 0.869. The van der Waals surface area contributed by atoms with E-state index in [1.54, 1.807) is 42.5 Å². The predicted molar refractivity (Wildman–Crippen MR) is 133 cm³/mol. The molecule has 0 atom stereocenters. The summed E-state index contributed by atoms with van der Waals surface area (Å²) in [5, 5.41) is 2.81. The van der Waals surface area contributed by atoms with Gasteiger partial charge in [0.25, 0.3) is 10.0 Å². The number of amides is 1. The van der Waals surface area contributed by atoms with Crippen LogP contribution in [0.4, 0.5) is 5.69 Å². The Labute approximate surface area is 201 Å². The standard InChI is InChI=1S/C26H30N2O5S/c1-4-32-23-13-15-25(16-14-23)34(30,31)28(22-10-6-5-7-11-22)19-26(29)27-18-21-9-8-12-24(17-21)33-20(2)3/h5-17,20H,4,18-19H2,1-3H3,(H,27,29). The number of sulfonamides is 1. The molecule has 0 fully saturated rings. The molecule has 1 amide bonds. The molecule has 0 aliphatic carbocycles. The summed E-state index contributed by atoms with van der Waals surface area (Å²) in [6, 6.07) is 22.2. The maximum Gasteiger partial charge on any atom is 0.264 e. The Morgan fingerprint density at radius 1 is 0.941 bits per heavy atom. The lowest BCUT2D eigenvalue weighted by molar-refractivity contribution is -0.119. The van der Waals surface area contributed by atoms with Crippen LogP contribution in [0.15, 0.2) is 83.8 Å². The minimum atomic E-state index is -3.99. The minimum absolute atomic E-state index is 0.0390. The zero-order chi connectivity index (χ0) is 24.6. The first-order valence-corrected chi connectivity index (χ1v) is 12.6. The molecule has 180 valence electrons. The Morgan fingerprint density at radius 3 is 2.29 bits per heavy atom. The lowest BCUT2D eigenvalue weighted by Crippen LogP contribution is -2.40. The fraction of sp³-hybridized carbons (Fsp3) is 0.269. The molecule has 3 aromatic rings. The van der Waals surface area contributed by atoms with E-state index >= 15 is 0 Å². The highest BCUT2D eigenvalue weighted by molar-refractivity contribution is 7.92. The number of rotatable bonds is 11. The summed E-state index contributed by atoms with van der Waals surface area (Å²) in [5.41, 5.74) is 1.26. The molecule has 0 saturated heterocycles. The van der Waals surface area contributed by atoms with Crippen LogP contribution in [0, 0.1) is 0 Å². The van der Waals surface area contributed by atoms with E-state index in [-0.39, 0.29) is 24.1 Å². The van der Waals surface area contributed by atoms with Crippen LogP contribution in [0.3, 0.4) is 0 Å². The smallest absolute Gasteiger partial charge is 0.264 e. The van der Waals surface area contributed by atoms with Gasteiger partial charge in [0.05, 0.1) is 23.3 Å². The quantitative estimate of drug-likeness (QED) is 0.438. The Balaban J connectivity index is 1.77. The fourth-order valence-corrected chi connectivity index (χ4v) is 4.72. The lowest BCUT2D eigenvalue weighted by Gasteiger charge is -2.24. The molecule has 0 saturated carbocycles. The number of hydrogen-bond acceptors (Lipinski definition) is 5. The second-order valence-electron chi connectivity index (χ2n) is 7.84. The van der Waals surface area contributed by atoms with Gasteiger partial charge >= 0.3 is 0 Å². The maximum atomic E-state index is 13.4. The van der Waals surface area contributed by atoms with Gasteiger partial charge in [-0.25, -0.2) is 8.42 Å². The number of benzene rings is 3. The van der Waals surface area contributed by atoms with Crippen molar-refractivity contribution in [1.29, 1.82) is 0 Å². The van der Waals surface area contributed by atoms with Gasteiger partial charge in [0.15, 0.2) is 0 Å². The van der Waals surface area contributed by atoms with Crippen molar-refractivity contribution in [1.82, 2.24) is 5.32 Å². The van der Waals surface area contributed by atoms with Gasteiger partial charge < -0.3 is 14.8 Å². The summed E-state index contributed by atoms with van der Waals surface area (Å²) in [7, 11) is -3.99. The average Bonchev–Trinajstić information content (AvgIpc) is 2.82. The van der Waals surface area contributed by atoms with Crippen LogP contribution >= 0.6 is 0 Å². The van der Waals surface area contributed by atoms with Gasteiger partial charge in [-0.3, -0.25) is 9.10 Å². The van der Waals surface area contributed by atoms with Crippen molar-refractivity contribution in [2.45, 2.75) is 38.3 Å². The van der Waals surface area contributed by atoms with E-state index in [0.717, 1.165) is 9.87 Å². The number of hydrogen-bond donors (Lipinski definition) is 1. The van der Waals surface area contributed by atoms with E-state index in [2.05, 4.69) is 5.32 Å². The van der Waals surface area contributed by atoms with Crippen molar-refractivity contribution in [3.8, 4) is 11.5 Å². The predicted octanol–water partition coefficient (Wildman–Crippen LogP) is 4.38. The molecule has 3 rings (SSSR count). The van der Waals surface area contributed by atoms with Crippen molar-refractivity contribution >= 4 is 21.6 Å². The van der Waals surface area contributed by atoms with Crippen LogP contribution in [0.25, 0.3) is 0 Å². The number of anilines is 1. The summed E-state index contributed by atoms with van der Waals surface area (Å²) in [4.78, 5) is 12.9. The second kappa shape index (κ2) is 11.6. The number of para-hydroxylation sites is 1. The molecule has 8 heteroatoms. The van der Waals surface area contributed by atoms with E-state index in [0.29, 0.717) is 23.8 Å². The van der Waals surface area contributed by atoms with Crippen LogP contribution in [0.2, 0.25) is 0 Å². The van der Waals surface area contributed by atoms with E-state index in [4.69, 9.17) is 9.47 Å². The van der Waals surface area contributed by atoms with E-state index in [1.807, 2.05) is 45.0 Å². The number of nitrogens with one attached hydrogen (secondary N) is 1. The molecule has 0 aliphatic heterocycles. The zero-order valence-electron chi connectivity index (χ0n) is 19.6. The third kappa shape index (κ3) is 6.74. The molecule has 1 N–H and O–H groups in total. The highest BCUT2D eigenvalue weighted by atomic mass is 32.2. The first kappa shape index (κ1) is 25.1. The minimum Gasteiger partial charge on any atom is -0.494 e. The second-order valence-corrected chi connectivity index (χ2v) is 9.70. The fourth-order valence-electron chi connectivity index (χ4n) is 3.30. The van der Waals surface area contributed by atoms with Gasteiger partial charge in [-0.05, 0) is 74.9 Å². The number of ether oxygens (including phenoxy) is 2. The maximum absolute atomic E-state index is 13.4. The van der Waals surface area contributed by atoms with Crippen molar-refractivity contribution in [2.24, 2.45) is 0 Å². The first-order valence-electron chi connectivity index (χ1n) is 11.1. The normalized spacial score (nSPS) is 11.2. The van der Waals surface area contributed by atoms with E-state index in [9.17, 15) is 13.2 Å². The average molecular weight is 483 g/mol. The van der Waals surface area contributed by atoms with Crippen molar-refractivity contribution < 1.29 is 22.7 Å². The Bertz CT molecular complexity index is 1180. The highest BCUT2D eigenvalue weighted by Gasteiger charge is 2.27. The molecule has 34 heavy (non-hydrogen) atoms. The monoisotopic (exact) mass is 482 g/mol. The highest BCUT2D eigenvalue weighted by Crippen LogP contribution is 2.25. The van der Waals surface area contributed by atoms with Crippen LogP contribution in [-0.4, -0.2) is 33.6 Å². The molecular formula is C26H30N2O5S. The lowest BCUT2D eigenvalue weighted by atomic mass is 10.2. The van der Waals surface area contributed by atoms with Gasteiger partial charge in [-0.15, -0.1) is 0 Å². The van der Waals surface area contributed by atoms with Gasteiger partial charge in [-0.2, -0.15) is 0 Å². The third-order valence-corrected chi connectivity index (χ3v) is 6.60. The molecule has 0 bridgehead atoms. The topological polar surface area (TPSA) is 84.9 Å². The molecule has 0 spiro atoms. The van der Waals surface area contributed by atoms with Crippen LogP contribution in [0.5, 0.6) is 11.5 Å². The Kier molecular flexibility index (Phi) is 8.54. The molecular weight excluding hydrogens is 452 g/mol. The number of carbonyl (C=O) groups is 1. The van der Waals surface area contributed by atoms with Gasteiger partial charge in [0.1, 0.15) is 18.0 Å². The molecule has 7 nitrogen and oxygen atoms in total. The SMILES string of the molecule is CCOc1ccc(S(=O)(=O)N(CC(=O)NCc2cccc(OC(C)C)c2)c2ccccc2)cc1. The van der Waals surface area contributed by atoms with Crippen LogP contribution in [-0.2, 0) is 21.4 Å². The van der Waals surface area contributed by atoms with E-state index in [1.165, 1.54) is 12.1 Å². The van der Waals surface area contributed by atoms with Crippen LogP contribution in [0.1, 0.15) is 26.3 Å². The van der Waals surface area contributed by atoms with E-state index < -0.39 is 15.9 Å². The van der Waals surface area contributed by atoms with Crippen molar-refractivity contribution in [3.63, 3.8) is 0 Å². The molecule has 0 heterocycles. The largest absolute Gasteiger partial charge is 0.494 e. The molecule has 3 aromatic carbocycles.